The molecule has 0 bridgehead atoms. The number of amides is 1. The average molecular weight is 268 g/mol. The van der Waals surface area contributed by atoms with Crippen LogP contribution >= 0.6 is 11.8 Å². The molecule has 18 heavy (non-hydrogen) atoms. The van der Waals surface area contributed by atoms with E-state index >= 15 is 0 Å². The minimum Gasteiger partial charge on any atom is -0.363 e. The minimum absolute atomic E-state index is 0.0200. The summed E-state index contributed by atoms with van der Waals surface area (Å²) in [5, 5.41) is 3.66. The van der Waals surface area contributed by atoms with Gasteiger partial charge in [0.05, 0.1) is 12.8 Å². The lowest BCUT2D eigenvalue weighted by Gasteiger charge is -2.37. The number of rotatable bonds is 1. The SMILES string of the molecule is Cc1oncc1C(=O)N1CCC2(CC1)OCCS2. The second-order valence-corrected chi connectivity index (χ2v) is 6.14. The lowest BCUT2D eigenvalue weighted by atomic mass is 10.1. The highest BCUT2D eigenvalue weighted by Gasteiger charge is 2.40. The molecule has 2 aliphatic rings. The molecule has 3 heterocycles. The Morgan fingerprint density at radius 1 is 1.50 bits per heavy atom. The van der Waals surface area contributed by atoms with Gasteiger partial charge in [0.1, 0.15) is 16.3 Å². The van der Waals surface area contributed by atoms with Crippen molar-refractivity contribution in [2.24, 2.45) is 0 Å². The van der Waals surface area contributed by atoms with Crippen molar-refractivity contribution >= 4 is 17.7 Å². The lowest BCUT2D eigenvalue weighted by Crippen LogP contribution is -2.45. The minimum atomic E-state index is -0.0273. The number of aryl methyl sites for hydroxylation is 1. The van der Waals surface area contributed by atoms with Gasteiger partial charge in [0.25, 0.3) is 5.91 Å². The van der Waals surface area contributed by atoms with E-state index in [9.17, 15) is 4.79 Å². The van der Waals surface area contributed by atoms with Gasteiger partial charge in [0.15, 0.2) is 0 Å². The van der Waals surface area contributed by atoms with Crippen LogP contribution in [0.2, 0.25) is 0 Å². The highest BCUT2D eigenvalue weighted by molar-refractivity contribution is 8.00. The van der Waals surface area contributed by atoms with E-state index in [1.165, 1.54) is 6.20 Å². The fraction of sp³-hybridized carbons (Fsp3) is 0.667. The van der Waals surface area contributed by atoms with Crippen molar-refractivity contribution in [2.45, 2.75) is 24.7 Å². The van der Waals surface area contributed by atoms with Crippen molar-refractivity contribution in [1.82, 2.24) is 10.1 Å². The van der Waals surface area contributed by atoms with Crippen molar-refractivity contribution in [3.05, 3.63) is 17.5 Å². The molecule has 3 rings (SSSR count). The number of ether oxygens (including phenoxy) is 1. The summed E-state index contributed by atoms with van der Waals surface area (Å²) in [7, 11) is 0. The average Bonchev–Trinajstić information content (AvgIpc) is 2.99. The van der Waals surface area contributed by atoms with E-state index in [-0.39, 0.29) is 10.8 Å². The molecule has 2 aliphatic heterocycles. The fourth-order valence-electron chi connectivity index (χ4n) is 2.51. The standard InChI is InChI=1S/C12H16N2O3S/c1-9-10(8-13-17-9)11(15)14-4-2-12(3-5-14)16-6-7-18-12/h8H,2-7H2,1H3. The van der Waals surface area contributed by atoms with Crippen LogP contribution < -0.4 is 0 Å². The number of nitrogens with zero attached hydrogens (tertiary/aromatic N) is 2. The first-order chi connectivity index (χ1) is 8.70. The van der Waals surface area contributed by atoms with E-state index in [1.54, 1.807) is 6.92 Å². The Kier molecular flexibility index (Phi) is 3.07. The van der Waals surface area contributed by atoms with Gasteiger partial charge in [-0.2, -0.15) is 0 Å². The fourth-order valence-corrected chi connectivity index (χ4v) is 3.69. The second-order valence-electron chi connectivity index (χ2n) is 4.70. The Morgan fingerprint density at radius 2 is 2.28 bits per heavy atom. The van der Waals surface area contributed by atoms with Crippen LogP contribution in [0.5, 0.6) is 0 Å². The highest BCUT2D eigenvalue weighted by atomic mass is 32.2. The first kappa shape index (κ1) is 12.0. The molecule has 2 fully saturated rings. The van der Waals surface area contributed by atoms with Gasteiger partial charge in [-0.15, -0.1) is 11.8 Å². The molecule has 0 unspecified atom stereocenters. The molecule has 1 spiro atoms. The van der Waals surface area contributed by atoms with E-state index in [0.29, 0.717) is 11.3 Å². The lowest BCUT2D eigenvalue weighted by molar-refractivity contribution is 0.00349. The first-order valence-corrected chi connectivity index (χ1v) is 7.17. The molecule has 0 saturated carbocycles. The maximum atomic E-state index is 12.3. The number of carbonyl (C=O) groups excluding carboxylic acids is 1. The molecule has 1 aromatic heterocycles. The number of aromatic nitrogens is 1. The molecule has 6 heteroatoms. The Morgan fingerprint density at radius 3 is 2.83 bits per heavy atom. The summed E-state index contributed by atoms with van der Waals surface area (Å²) in [6, 6.07) is 0. The van der Waals surface area contributed by atoms with Crippen LogP contribution in [0.1, 0.15) is 29.0 Å². The van der Waals surface area contributed by atoms with Crippen molar-refractivity contribution in [3.8, 4) is 0 Å². The summed E-state index contributed by atoms with van der Waals surface area (Å²) < 4.78 is 10.8. The number of piperidine rings is 1. The monoisotopic (exact) mass is 268 g/mol. The third-order valence-corrected chi connectivity index (χ3v) is 5.03. The molecule has 0 aromatic carbocycles. The molecule has 98 valence electrons. The topological polar surface area (TPSA) is 55.6 Å². The van der Waals surface area contributed by atoms with Crippen molar-refractivity contribution in [2.75, 3.05) is 25.4 Å². The molecular formula is C12H16N2O3S. The number of hydrogen-bond acceptors (Lipinski definition) is 5. The second kappa shape index (κ2) is 4.59. The van der Waals surface area contributed by atoms with Crippen LogP contribution in [0.4, 0.5) is 0 Å². The maximum Gasteiger partial charge on any atom is 0.259 e. The largest absolute Gasteiger partial charge is 0.363 e. The summed E-state index contributed by atoms with van der Waals surface area (Å²) in [6.45, 7) is 4.10. The molecular weight excluding hydrogens is 252 g/mol. The third kappa shape index (κ3) is 2.03. The van der Waals surface area contributed by atoms with E-state index in [4.69, 9.17) is 9.26 Å². The first-order valence-electron chi connectivity index (χ1n) is 6.19. The molecule has 1 aromatic rings. The predicted octanol–water partition coefficient (Wildman–Crippen LogP) is 1.68. The summed E-state index contributed by atoms with van der Waals surface area (Å²) in [5.74, 6) is 1.68. The van der Waals surface area contributed by atoms with Crippen LogP contribution in [-0.2, 0) is 4.74 Å². The summed E-state index contributed by atoms with van der Waals surface area (Å²) >= 11 is 1.89. The van der Waals surface area contributed by atoms with E-state index in [1.807, 2.05) is 16.7 Å². The number of thioether (sulfide) groups is 1. The predicted molar refractivity (Wildman–Crippen MR) is 67.5 cm³/mol. The zero-order valence-corrected chi connectivity index (χ0v) is 11.2. The van der Waals surface area contributed by atoms with Gasteiger partial charge < -0.3 is 14.2 Å². The highest BCUT2D eigenvalue weighted by Crippen LogP contribution is 2.41. The summed E-state index contributed by atoms with van der Waals surface area (Å²) in [6.07, 6.45) is 3.32. The molecule has 2 saturated heterocycles. The Balaban J connectivity index is 1.66. The third-order valence-electron chi connectivity index (χ3n) is 3.61. The van der Waals surface area contributed by atoms with Gasteiger partial charge in [-0.05, 0) is 6.92 Å². The summed E-state index contributed by atoms with van der Waals surface area (Å²) in [5.41, 5.74) is 0.575. The molecule has 1 amide bonds. The van der Waals surface area contributed by atoms with Gasteiger partial charge in [-0.3, -0.25) is 4.79 Å². The molecule has 0 radical (unpaired) electrons. The van der Waals surface area contributed by atoms with Gasteiger partial charge >= 0.3 is 0 Å². The van der Waals surface area contributed by atoms with Crippen LogP contribution in [0.15, 0.2) is 10.7 Å². The van der Waals surface area contributed by atoms with Crippen molar-refractivity contribution < 1.29 is 14.1 Å². The zero-order valence-electron chi connectivity index (χ0n) is 10.3. The normalized spacial score (nSPS) is 22.6. The van der Waals surface area contributed by atoms with E-state index in [0.717, 1.165) is 38.3 Å². The number of hydrogen-bond donors (Lipinski definition) is 0. The van der Waals surface area contributed by atoms with Crippen LogP contribution in [0.25, 0.3) is 0 Å². The zero-order chi connectivity index (χ0) is 12.6. The van der Waals surface area contributed by atoms with E-state index < -0.39 is 0 Å². The maximum absolute atomic E-state index is 12.3. The smallest absolute Gasteiger partial charge is 0.259 e. The molecule has 0 N–H and O–H groups in total. The van der Waals surface area contributed by atoms with Gasteiger partial charge in [0.2, 0.25) is 0 Å². The quantitative estimate of drug-likeness (QED) is 0.775. The number of likely N-dealkylation sites (tertiary alicyclic amines) is 1. The molecule has 0 aliphatic carbocycles. The summed E-state index contributed by atoms with van der Waals surface area (Å²) in [4.78, 5) is 14.1. The van der Waals surface area contributed by atoms with Crippen LogP contribution in [0.3, 0.4) is 0 Å². The Hall–Kier alpha value is -1.01. The van der Waals surface area contributed by atoms with Crippen LogP contribution in [-0.4, -0.2) is 46.3 Å². The van der Waals surface area contributed by atoms with Crippen molar-refractivity contribution in [1.29, 1.82) is 0 Å². The van der Waals surface area contributed by atoms with Gasteiger partial charge in [-0.25, -0.2) is 0 Å². The van der Waals surface area contributed by atoms with Gasteiger partial charge in [-0.1, -0.05) is 5.16 Å². The van der Waals surface area contributed by atoms with Crippen molar-refractivity contribution in [3.63, 3.8) is 0 Å². The Labute approximate surface area is 110 Å². The van der Waals surface area contributed by atoms with E-state index in [2.05, 4.69) is 5.16 Å². The van der Waals surface area contributed by atoms with Crippen LogP contribution in [0, 0.1) is 6.92 Å². The molecule has 5 nitrogen and oxygen atoms in total. The number of carbonyl (C=O) groups is 1. The molecule has 0 atom stereocenters. The Bertz CT molecular complexity index is 444. The van der Waals surface area contributed by atoms with Gasteiger partial charge in [0, 0.05) is 31.7 Å².